The maximum Gasteiger partial charge on any atom is 0.328 e. The number of para-hydroxylation sites is 1. The van der Waals surface area contributed by atoms with Gasteiger partial charge in [-0.25, -0.2) is 4.79 Å². The highest BCUT2D eigenvalue weighted by molar-refractivity contribution is 9.09. The fourth-order valence-electron chi connectivity index (χ4n) is 3.05. The fourth-order valence-corrected chi connectivity index (χ4v) is 6.22. The smallest absolute Gasteiger partial charge is 0.328 e. The van der Waals surface area contributed by atoms with Gasteiger partial charge in [0.05, 0.1) is 4.75 Å². The Labute approximate surface area is 167 Å². The third-order valence-corrected chi connectivity index (χ3v) is 8.06. The van der Waals surface area contributed by atoms with Crippen molar-refractivity contribution in [3.8, 4) is 5.75 Å². The molecule has 2 fully saturated rings. The standard InChI is InChI=1S/C16H16BrClN2O5S/c17-7-16(8-18)12(15(23)24)20-13(22)11(14(20)26-16)19-10(21)6-25-9-4-2-1-3-5-9/h1-5,11-12,14H,6-8H2,(H,19,21)(H,23,24). The number of hydrogen-bond donors (Lipinski definition) is 2. The van der Waals surface area contributed by atoms with Crippen LogP contribution in [0.25, 0.3) is 0 Å². The predicted molar refractivity (Wildman–Crippen MR) is 101 cm³/mol. The summed E-state index contributed by atoms with van der Waals surface area (Å²) in [5, 5.41) is 12.0. The number of hydrogen-bond acceptors (Lipinski definition) is 5. The number of halogens is 2. The van der Waals surface area contributed by atoms with Crippen molar-refractivity contribution in [3.05, 3.63) is 30.3 Å². The molecule has 2 heterocycles. The summed E-state index contributed by atoms with van der Waals surface area (Å²) in [4.78, 5) is 37.5. The molecule has 0 aliphatic carbocycles. The van der Waals surface area contributed by atoms with Crippen molar-refractivity contribution < 1.29 is 24.2 Å². The molecule has 0 bridgehead atoms. The first-order valence-corrected chi connectivity index (χ1v) is 10.3. The van der Waals surface area contributed by atoms with Crippen LogP contribution in [0.5, 0.6) is 5.75 Å². The van der Waals surface area contributed by atoms with Crippen molar-refractivity contribution in [2.24, 2.45) is 0 Å². The Kier molecular flexibility index (Phi) is 5.69. The van der Waals surface area contributed by atoms with Gasteiger partial charge in [0.1, 0.15) is 23.2 Å². The average Bonchev–Trinajstić information content (AvgIpc) is 2.97. The third kappa shape index (κ3) is 3.27. The molecule has 10 heteroatoms. The molecule has 0 radical (unpaired) electrons. The van der Waals surface area contributed by atoms with Gasteiger partial charge in [0.15, 0.2) is 6.61 Å². The SMILES string of the molecule is O=C(COc1ccccc1)NC1C(=O)N2C1SC(CCl)(CBr)C2C(=O)O. The first kappa shape index (κ1) is 19.3. The zero-order chi connectivity index (χ0) is 18.9. The van der Waals surface area contributed by atoms with E-state index in [1.807, 2.05) is 6.07 Å². The molecular weight excluding hydrogens is 448 g/mol. The Bertz CT molecular complexity index is 718. The minimum Gasteiger partial charge on any atom is -0.484 e. The number of β-lactam (4-membered cyclic amide) rings is 1. The van der Waals surface area contributed by atoms with Crippen LogP contribution in [0.4, 0.5) is 0 Å². The normalized spacial score (nSPS) is 29.7. The highest BCUT2D eigenvalue weighted by Gasteiger charge is 2.66. The van der Waals surface area contributed by atoms with Crippen molar-refractivity contribution in [1.82, 2.24) is 10.2 Å². The summed E-state index contributed by atoms with van der Waals surface area (Å²) in [6, 6.07) is 7.03. The second-order valence-electron chi connectivity index (χ2n) is 5.97. The number of ether oxygens (including phenoxy) is 1. The zero-order valence-corrected chi connectivity index (χ0v) is 16.6. The second kappa shape index (κ2) is 7.66. The van der Waals surface area contributed by atoms with Crippen LogP contribution < -0.4 is 10.1 Å². The van der Waals surface area contributed by atoms with Gasteiger partial charge in [0.25, 0.3) is 5.91 Å². The van der Waals surface area contributed by atoms with E-state index in [0.717, 1.165) is 0 Å². The van der Waals surface area contributed by atoms with Gasteiger partial charge in [0.2, 0.25) is 5.91 Å². The molecule has 140 valence electrons. The lowest BCUT2D eigenvalue weighted by molar-refractivity contribution is -0.161. The van der Waals surface area contributed by atoms with E-state index >= 15 is 0 Å². The predicted octanol–water partition coefficient (Wildman–Crippen LogP) is 1.29. The van der Waals surface area contributed by atoms with Crippen molar-refractivity contribution in [2.45, 2.75) is 22.2 Å². The van der Waals surface area contributed by atoms with Crippen LogP contribution in [0.2, 0.25) is 0 Å². The van der Waals surface area contributed by atoms with Crippen LogP contribution in [0.3, 0.4) is 0 Å². The molecule has 2 aliphatic rings. The highest BCUT2D eigenvalue weighted by atomic mass is 79.9. The third-order valence-electron chi connectivity index (χ3n) is 4.33. The molecule has 3 rings (SSSR count). The number of carboxylic acid groups (broad SMARTS) is 1. The molecule has 2 N–H and O–H groups in total. The van der Waals surface area contributed by atoms with Gasteiger partial charge in [-0.2, -0.15) is 0 Å². The maximum atomic E-state index is 12.4. The number of nitrogens with zero attached hydrogens (tertiary/aromatic N) is 1. The Morgan fingerprint density at radius 1 is 1.38 bits per heavy atom. The topological polar surface area (TPSA) is 95.9 Å². The molecule has 7 nitrogen and oxygen atoms in total. The first-order chi connectivity index (χ1) is 12.4. The Hall–Kier alpha value is -1.45. The first-order valence-electron chi connectivity index (χ1n) is 7.75. The van der Waals surface area contributed by atoms with Gasteiger partial charge in [-0.3, -0.25) is 9.59 Å². The number of amides is 2. The monoisotopic (exact) mass is 462 g/mol. The molecule has 0 saturated carbocycles. The fraction of sp³-hybridized carbons (Fsp3) is 0.438. The summed E-state index contributed by atoms with van der Waals surface area (Å²) in [5.41, 5.74) is 0. The van der Waals surface area contributed by atoms with E-state index in [9.17, 15) is 19.5 Å². The molecule has 2 aliphatic heterocycles. The minimum atomic E-state index is -1.11. The number of fused-ring (bicyclic) bond motifs is 1. The van der Waals surface area contributed by atoms with Gasteiger partial charge < -0.3 is 20.1 Å². The summed E-state index contributed by atoms with van der Waals surface area (Å²) >= 11 is 10.6. The van der Waals surface area contributed by atoms with Crippen LogP contribution in [0, 0.1) is 0 Å². The zero-order valence-electron chi connectivity index (χ0n) is 13.4. The number of carboxylic acids is 1. The number of carbonyl (C=O) groups is 3. The van der Waals surface area contributed by atoms with Crippen molar-refractivity contribution in [1.29, 1.82) is 0 Å². The van der Waals surface area contributed by atoms with E-state index in [1.165, 1.54) is 16.7 Å². The molecule has 26 heavy (non-hydrogen) atoms. The molecule has 0 spiro atoms. The van der Waals surface area contributed by atoms with Crippen LogP contribution >= 0.6 is 39.3 Å². The number of nitrogens with one attached hydrogen (secondary N) is 1. The lowest BCUT2D eigenvalue weighted by atomic mass is 9.96. The van der Waals surface area contributed by atoms with Gasteiger partial charge in [-0.05, 0) is 12.1 Å². The van der Waals surface area contributed by atoms with Gasteiger partial charge >= 0.3 is 5.97 Å². The van der Waals surface area contributed by atoms with Crippen LogP contribution in [0.1, 0.15) is 0 Å². The molecule has 4 atom stereocenters. The molecule has 4 unspecified atom stereocenters. The molecule has 1 aromatic rings. The summed E-state index contributed by atoms with van der Waals surface area (Å²) < 4.78 is 4.52. The van der Waals surface area contributed by atoms with E-state index < -0.39 is 40.0 Å². The molecule has 1 aromatic carbocycles. The summed E-state index contributed by atoms with van der Waals surface area (Å²) in [6.45, 7) is -0.230. The minimum absolute atomic E-state index is 0.0674. The van der Waals surface area contributed by atoms with Crippen LogP contribution in [0.15, 0.2) is 30.3 Å². The number of carbonyl (C=O) groups excluding carboxylic acids is 2. The number of benzene rings is 1. The lowest BCUT2D eigenvalue weighted by Gasteiger charge is -2.43. The lowest BCUT2D eigenvalue weighted by Crippen LogP contribution is -2.71. The van der Waals surface area contributed by atoms with E-state index in [1.54, 1.807) is 24.3 Å². The largest absolute Gasteiger partial charge is 0.484 e. The summed E-state index contributed by atoms with van der Waals surface area (Å²) in [5.74, 6) is -1.35. The Morgan fingerprint density at radius 2 is 2.08 bits per heavy atom. The molecular formula is C16H16BrClN2O5S. The van der Waals surface area contributed by atoms with Gasteiger partial charge in [-0.15, -0.1) is 23.4 Å². The van der Waals surface area contributed by atoms with Gasteiger partial charge in [-0.1, -0.05) is 34.1 Å². The molecule has 2 amide bonds. The quantitative estimate of drug-likeness (QED) is 0.467. The number of rotatable bonds is 7. The van der Waals surface area contributed by atoms with Crippen LogP contribution in [-0.2, 0) is 14.4 Å². The van der Waals surface area contributed by atoms with Gasteiger partial charge in [0, 0.05) is 11.2 Å². The van der Waals surface area contributed by atoms with Crippen molar-refractivity contribution >= 4 is 57.1 Å². The van der Waals surface area contributed by atoms with Crippen molar-refractivity contribution in [3.63, 3.8) is 0 Å². The highest BCUT2D eigenvalue weighted by Crippen LogP contribution is 2.52. The van der Waals surface area contributed by atoms with E-state index in [0.29, 0.717) is 11.1 Å². The Balaban J connectivity index is 1.64. The molecule has 2 saturated heterocycles. The number of alkyl halides is 2. The number of aliphatic carboxylic acids is 1. The van der Waals surface area contributed by atoms with Crippen molar-refractivity contribution in [2.75, 3.05) is 17.8 Å². The number of thioether (sulfide) groups is 1. The van der Waals surface area contributed by atoms with E-state index in [4.69, 9.17) is 16.3 Å². The van der Waals surface area contributed by atoms with E-state index in [2.05, 4.69) is 21.2 Å². The van der Waals surface area contributed by atoms with Crippen LogP contribution in [-0.4, -0.2) is 67.8 Å². The molecule has 0 aromatic heterocycles. The summed E-state index contributed by atoms with van der Waals surface area (Å²) in [6.07, 6.45) is 0. The maximum absolute atomic E-state index is 12.4. The second-order valence-corrected chi connectivity index (χ2v) is 8.33. The Morgan fingerprint density at radius 3 is 2.65 bits per heavy atom. The van der Waals surface area contributed by atoms with E-state index in [-0.39, 0.29) is 12.5 Å². The average molecular weight is 464 g/mol. The summed E-state index contributed by atoms with van der Waals surface area (Å²) in [7, 11) is 0.